The smallest absolute Gasteiger partial charge is 0.340 e. The van der Waals surface area contributed by atoms with Gasteiger partial charge in [-0.15, -0.1) is 0 Å². The number of rotatable bonds is 3. The normalized spacial score (nSPS) is 19.9. The van der Waals surface area contributed by atoms with Crippen LogP contribution in [0.2, 0.25) is 0 Å². The Labute approximate surface area is 115 Å². The van der Waals surface area contributed by atoms with Gasteiger partial charge in [0.15, 0.2) is 9.84 Å². The Bertz CT molecular complexity index is 735. The molecule has 0 aromatic carbocycles. The second kappa shape index (κ2) is 4.82. The third-order valence-electron chi connectivity index (χ3n) is 3.02. The van der Waals surface area contributed by atoms with Gasteiger partial charge in [-0.1, -0.05) is 0 Å². The van der Waals surface area contributed by atoms with E-state index in [-0.39, 0.29) is 30.3 Å². The molecular formula is C9H13N3O6S2. The number of sulfone groups is 1. The number of nitrogens with one attached hydrogen (secondary N) is 1. The molecule has 0 unspecified atom stereocenters. The number of hydrogen-bond acceptors (Lipinski definition) is 6. The van der Waals surface area contributed by atoms with Gasteiger partial charge in [0.25, 0.3) is 10.0 Å². The van der Waals surface area contributed by atoms with E-state index < -0.39 is 36.4 Å². The van der Waals surface area contributed by atoms with E-state index in [0.29, 0.717) is 0 Å². The number of aromatic amines is 1. The molecule has 0 spiro atoms. The van der Waals surface area contributed by atoms with Gasteiger partial charge in [0.2, 0.25) is 5.03 Å². The summed E-state index contributed by atoms with van der Waals surface area (Å²) in [5, 5.41) is 14.3. The second-order valence-electron chi connectivity index (χ2n) is 4.39. The SMILES string of the molecule is Cc1[nH]nc(S(=O)(=O)N2CCS(=O)(=O)CC2)c1C(=O)O. The van der Waals surface area contributed by atoms with Gasteiger partial charge in [0.1, 0.15) is 5.56 Å². The van der Waals surface area contributed by atoms with E-state index >= 15 is 0 Å². The van der Waals surface area contributed by atoms with Crippen molar-refractivity contribution in [1.82, 2.24) is 14.5 Å². The molecule has 1 fully saturated rings. The summed E-state index contributed by atoms with van der Waals surface area (Å²) >= 11 is 0. The van der Waals surface area contributed by atoms with Gasteiger partial charge in [0.05, 0.1) is 11.5 Å². The monoisotopic (exact) mass is 323 g/mol. The van der Waals surface area contributed by atoms with Crippen LogP contribution in [0, 0.1) is 6.92 Å². The van der Waals surface area contributed by atoms with Crippen molar-refractivity contribution in [2.75, 3.05) is 24.6 Å². The fourth-order valence-electron chi connectivity index (χ4n) is 1.90. The molecular weight excluding hydrogens is 310 g/mol. The van der Waals surface area contributed by atoms with E-state index in [2.05, 4.69) is 10.2 Å². The fraction of sp³-hybridized carbons (Fsp3) is 0.556. The van der Waals surface area contributed by atoms with Crippen molar-refractivity contribution in [2.45, 2.75) is 11.9 Å². The Morgan fingerprint density at radius 1 is 1.35 bits per heavy atom. The number of aromatic nitrogens is 2. The topological polar surface area (TPSA) is 137 Å². The maximum atomic E-state index is 12.3. The van der Waals surface area contributed by atoms with Gasteiger partial charge < -0.3 is 5.11 Å². The predicted octanol–water partition coefficient (Wildman–Crippen LogP) is -1.16. The summed E-state index contributed by atoms with van der Waals surface area (Å²) in [6.45, 7) is 1.00. The number of H-pyrrole nitrogens is 1. The molecule has 1 aliphatic heterocycles. The zero-order chi connectivity index (χ0) is 15.1. The highest BCUT2D eigenvalue weighted by Gasteiger charge is 2.36. The number of nitrogens with zero attached hydrogens (tertiary/aromatic N) is 2. The Kier molecular flexibility index (Phi) is 3.60. The number of hydrogen-bond donors (Lipinski definition) is 2. The van der Waals surface area contributed by atoms with E-state index in [1.165, 1.54) is 6.92 Å². The first kappa shape index (κ1) is 14.9. The first-order chi connectivity index (χ1) is 9.15. The summed E-state index contributed by atoms with van der Waals surface area (Å²) in [7, 11) is -7.35. The number of aromatic carboxylic acids is 1. The van der Waals surface area contributed by atoms with Crippen molar-refractivity contribution in [3.63, 3.8) is 0 Å². The maximum absolute atomic E-state index is 12.3. The molecule has 1 saturated heterocycles. The highest BCUT2D eigenvalue weighted by atomic mass is 32.2. The molecule has 0 atom stereocenters. The van der Waals surface area contributed by atoms with Crippen LogP contribution >= 0.6 is 0 Å². The average molecular weight is 323 g/mol. The lowest BCUT2D eigenvalue weighted by molar-refractivity contribution is 0.0691. The summed E-state index contributed by atoms with van der Waals surface area (Å²) in [6.07, 6.45) is 0. The molecule has 0 amide bonds. The van der Waals surface area contributed by atoms with E-state index in [4.69, 9.17) is 5.11 Å². The Balaban J connectivity index is 2.40. The van der Waals surface area contributed by atoms with Crippen molar-refractivity contribution in [1.29, 1.82) is 0 Å². The van der Waals surface area contributed by atoms with E-state index in [0.717, 1.165) is 4.31 Å². The second-order valence-corrected chi connectivity index (χ2v) is 8.55. The van der Waals surface area contributed by atoms with Gasteiger partial charge >= 0.3 is 5.97 Å². The Morgan fingerprint density at radius 2 is 1.90 bits per heavy atom. The molecule has 1 aromatic heterocycles. The van der Waals surface area contributed by atoms with E-state index in [1.54, 1.807) is 0 Å². The van der Waals surface area contributed by atoms with Crippen molar-refractivity contribution in [3.8, 4) is 0 Å². The van der Waals surface area contributed by atoms with Gasteiger partial charge in [-0.05, 0) is 6.92 Å². The first-order valence-electron chi connectivity index (χ1n) is 5.64. The molecule has 2 rings (SSSR count). The molecule has 0 saturated carbocycles. The Morgan fingerprint density at radius 3 is 2.40 bits per heavy atom. The van der Waals surface area contributed by atoms with Crippen LogP contribution in [-0.4, -0.2) is 67.0 Å². The van der Waals surface area contributed by atoms with Gasteiger partial charge in [-0.25, -0.2) is 21.6 Å². The highest BCUT2D eigenvalue weighted by molar-refractivity contribution is 7.92. The minimum absolute atomic E-state index is 0.126. The lowest BCUT2D eigenvalue weighted by Gasteiger charge is -2.25. The number of sulfonamides is 1. The van der Waals surface area contributed by atoms with Gasteiger partial charge in [-0.3, -0.25) is 5.10 Å². The molecule has 2 N–H and O–H groups in total. The molecule has 0 radical (unpaired) electrons. The minimum Gasteiger partial charge on any atom is -0.478 e. The van der Waals surface area contributed by atoms with Gasteiger partial charge in [-0.2, -0.15) is 9.40 Å². The molecule has 11 heteroatoms. The van der Waals surface area contributed by atoms with Crippen LogP contribution < -0.4 is 0 Å². The third kappa shape index (κ3) is 2.55. The van der Waals surface area contributed by atoms with Crippen molar-refractivity contribution in [2.24, 2.45) is 0 Å². The van der Waals surface area contributed by atoms with Crippen LogP contribution in [0.5, 0.6) is 0 Å². The van der Waals surface area contributed by atoms with Crippen LogP contribution in [0.15, 0.2) is 5.03 Å². The summed E-state index contributed by atoms with van der Waals surface area (Å²) in [6, 6.07) is 0. The molecule has 2 heterocycles. The highest BCUT2D eigenvalue weighted by Crippen LogP contribution is 2.22. The lowest BCUT2D eigenvalue weighted by atomic mass is 10.3. The molecule has 1 aliphatic rings. The largest absolute Gasteiger partial charge is 0.478 e. The average Bonchev–Trinajstić information content (AvgIpc) is 2.71. The molecule has 20 heavy (non-hydrogen) atoms. The summed E-state index contributed by atoms with van der Waals surface area (Å²) in [5.41, 5.74) is -0.292. The standard InChI is InChI=1S/C9H13N3O6S2/c1-6-7(9(13)14)8(11-10-6)20(17,18)12-2-4-19(15,16)5-3-12/h2-5H2,1H3,(H,10,11)(H,13,14). The van der Waals surface area contributed by atoms with E-state index in [1.807, 2.05) is 0 Å². The molecule has 112 valence electrons. The first-order valence-corrected chi connectivity index (χ1v) is 8.90. The van der Waals surface area contributed by atoms with Crippen LogP contribution in [0.25, 0.3) is 0 Å². The quantitative estimate of drug-likeness (QED) is 0.715. The summed E-state index contributed by atoms with van der Waals surface area (Å²) in [5.74, 6) is -1.96. The number of aryl methyl sites for hydroxylation is 1. The van der Waals surface area contributed by atoms with Crippen LogP contribution in [0.1, 0.15) is 16.1 Å². The number of carboxylic acids is 1. The third-order valence-corrected chi connectivity index (χ3v) is 6.45. The predicted molar refractivity (Wildman–Crippen MR) is 67.7 cm³/mol. The number of carbonyl (C=O) groups is 1. The van der Waals surface area contributed by atoms with Crippen LogP contribution in [0.3, 0.4) is 0 Å². The lowest BCUT2D eigenvalue weighted by Crippen LogP contribution is -2.44. The molecule has 0 bridgehead atoms. The van der Waals surface area contributed by atoms with Crippen molar-refractivity contribution >= 4 is 25.8 Å². The molecule has 9 nitrogen and oxygen atoms in total. The molecule has 0 aliphatic carbocycles. The fourth-order valence-corrected chi connectivity index (χ4v) is 4.90. The van der Waals surface area contributed by atoms with Crippen LogP contribution in [-0.2, 0) is 19.9 Å². The zero-order valence-corrected chi connectivity index (χ0v) is 12.2. The maximum Gasteiger partial charge on any atom is 0.340 e. The molecule has 1 aromatic rings. The van der Waals surface area contributed by atoms with Gasteiger partial charge in [0, 0.05) is 18.8 Å². The van der Waals surface area contributed by atoms with Crippen molar-refractivity contribution in [3.05, 3.63) is 11.3 Å². The summed E-state index contributed by atoms with van der Waals surface area (Å²) < 4.78 is 48.2. The Hall–Kier alpha value is -1.46. The zero-order valence-electron chi connectivity index (χ0n) is 10.5. The minimum atomic E-state index is -4.12. The van der Waals surface area contributed by atoms with Crippen LogP contribution in [0.4, 0.5) is 0 Å². The number of carboxylic acid groups (broad SMARTS) is 1. The van der Waals surface area contributed by atoms with E-state index in [9.17, 15) is 21.6 Å². The van der Waals surface area contributed by atoms with Crippen molar-refractivity contribution < 1.29 is 26.7 Å². The summed E-state index contributed by atoms with van der Waals surface area (Å²) in [4.78, 5) is 11.1.